The van der Waals surface area contributed by atoms with Crippen LogP contribution in [0.3, 0.4) is 0 Å². The predicted octanol–water partition coefficient (Wildman–Crippen LogP) is 3.68. The molecule has 1 N–H and O–H groups in total. The van der Waals surface area contributed by atoms with E-state index in [0.717, 1.165) is 4.47 Å². The summed E-state index contributed by atoms with van der Waals surface area (Å²) < 4.78 is 6.12. The van der Waals surface area contributed by atoms with Crippen LogP contribution >= 0.6 is 15.9 Å². The summed E-state index contributed by atoms with van der Waals surface area (Å²) in [6, 6.07) is 11.7. The number of halogens is 1. The molecule has 7 heteroatoms. The van der Waals surface area contributed by atoms with Crippen LogP contribution < -0.4 is 10.1 Å². The van der Waals surface area contributed by atoms with E-state index >= 15 is 0 Å². The Bertz CT molecular complexity index is 718. The maximum Gasteiger partial charge on any atom is 0.274 e. The molecule has 0 aliphatic carbocycles. The minimum Gasteiger partial charge on any atom is -0.483 e. The van der Waals surface area contributed by atoms with Crippen molar-refractivity contribution in [3.05, 3.63) is 62.6 Å². The number of nitro benzene ring substituents is 1. The number of hydrogen-bond acceptors (Lipinski definition) is 4. The number of ether oxygens (including phenoxy) is 1. The summed E-state index contributed by atoms with van der Waals surface area (Å²) in [4.78, 5) is 22.2. The van der Waals surface area contributed by atoms with E-state index in [-0.39, 0.29) is 12.3 Å². The van der Waals surface area contributed by atoms with Gasteiger partial charge in [-0.2, -0.15) is 0 Å². The molecule has 22 heavy (non-hydrogen) atoms. The van der Waals surface area contributed by atoms with Gasteiger partial charge in [0.05, 0.1) is 9.40 Å². The Kier molecular flexibility index (Phi) is 5.11. The van der Waals surface area contributed by atoms with E-state index in [1.165, 1.54) is 6.07 Å². The molecule has 0 fully saturated rings. The molecule has 2 aromatic carbocycles. The number of nitro groups is 1. The molecule has 0 aliphatic rings. The third-order valence-corrected chi connectivity index (χ3v) is 3.54. The van der Waals surface area contributed by atoms with Gasteiger partial charge in [0, 0.05) is 17.3 Å². The average molecular weight is 365 g/mol. The summed E-state index contributed by atoms with van der Waals surface area (Å²) in [5.74, 6) is 0.154. The quantitative estimate of drug-likeness (QED) is 0.647. The van der Waals surface area contributed by atoms with Crippen LogP contribution in [0.5, 0.6) is 5.75 Å². The number of hydrogen-bond donors (Lipinski definition) is 1. The van der Waals surface area contributed by atoms with Gasteiger partial charge in [0.1, 0.15) is 5.75 Å². The van der Waals surface area contributed by atoms with Gasteiger partial charge in [-0.05, 0) is 41.1 Å². The molecule has 114 valence electrons. The van der Waals surface area contributed by atoms with E-state index in [9.17, 15) is 14.9 Å². The lowest BCUT2D eigenvalue weighted by molar-refractivity contribution is -0.385. The molecule has 2 aromatic rings. The molecular formula is C15H13BrN2O4. The molecular weight excluding hydrogens is 352 g/mol. The fourth-order valence-electron chi connectivity index (χ4n) is 1.79. The van der Waals surface area contributed by atoms with Gasteiger partial charge >= 0.3 is 0 Å². The maximum atomic E-state index is 11.8. The highest BCUT2D eigenvalue weighted by atomic mass is 79.9. The number of carbonyl (C=O) groups excluding carboxylic acids is 1. The summed E-state index contributed by atoms with van der Waals surface area (Å²) in [6.07, 6.45) is 0. The second-order valence-corrected chi connectivity index (χ2v) is 5.38. The number of aryl methyl sites for hydroxylation is 1. The number of rotatable bonds is 5. The van der Waals surface area contributed by atoms with Crippen molar-refractivity contribution in [2.24, 2.45) is 0 Å². The lowest BCUT2D eigenvalue weighted by atomic mass is 10.2. The van der Waals surface area contributed by atoms with Gasteiger partial charge in [-0.25, -0.2) is 0 Å². The van der Waals surface area contributed by atoms with Crippen molar-refractivity contribution in [3.8, 4) is 5.75 Å². The van der Waals surface area contributed by atoms with Gasteiger partial charge in [-0.15, -0.1) is 0 Å². The Morgan fingerprint density at radius 2 is 2.05 bits per heavy atom. The summed E-state index contributed by atoms with van der Waals surface area (Å²) in [6.45, 7) is 1.45. The van der Waals surface area contributed by atoms with Crippen molar-refractivity contribution in [1.82, 2.24) is 0 Å². The molecule has 2 rings (SSSR count). The van der Waals surface area contributed by atoms with Crippen LogP contribution in [0, 0.1) is 17.0 Å². The van der Waals surface area contributed by atoms with E-state index in [4.69, 9.17) is 4.74 Å². The average Bonchev–Trinajstić information content (AvgIpc) is 2.48. The molecule has 0 radical (unpaired) electrons. The molecule has 0 heterocycles. The monoisotopic (exact) mass is 364 g/mol. The number of benzene rings is 2. The van der Waals surface area contributed by atoms with Crippen molar-refractivity contribution in [2.45, 2.75) is 6.92 Å². The SMILES string of the molecule is Cc1ccc(NC(=O)COc2ccccc2Br)cc1[N+](=O)[O-]. The summed E-state index contributed by atoms with van der Waals surface area (Å²) in [5, 5.41) is 13.4. The molecule has 6 nitrogen and oxygen atoms in total. The summed E-state index contributed by atoms with van der Waals surface area (Å²) in [7, 11) is 0. The Labute approximate surface area is 135 Å². The third kappa shape index (κ3) is 4.05. The highest BCUT2D eigenvalue weighted by molar-refractivity contribution is 9.10. The van der Waals surface area contributed by atoms with Crippen molar-refractivity contribution in [1.29, 1.82) is 0 Å². The van der Waals surface area contributed by atoms with Gasteiger partial charge in [0.25, 0.3) is 11.6 Å². The Balaban J connectivity index is 1.99. The maximum absolute atomic E-state index is 11.8. The second kappa shape index (κ2) is 7.04. The first-order chi connectivity index (χ1) is 10.5. The van der Waals surface area contributed by atoms with Gasteiger partial charge < -0.3 is 10.1 Å². The molecule has 1 amide bonds. The van der Waals surface area contributed by atoms with Crippen molar-refractivity contribution >= 4 is 33.2 Å². The van der Waals surface area contributed by atoms with E-state index in [1.807, 2.05) is 6.07 Å². The predicted molar refractivity (Wildman–Crippen MR) is 86.1 cm³/mol. The standard InChI is InChI=1S/C15H13BrN2O4/c1-10-6-7-11(8-13(10)18(20)21)17-15(19)9-22-14-5-3-2-4-12(14)16/h2-8H,9H2,1H3,(H,17,19). The van der Waals surface area contributed by atoms with E-state index in [1.54, 1.807) is 37.3 Å². The fourth-order valence-corrected chi connectivity index (χ4v) is 2.19. The smallest absolute Gasteiger partial charge is 0.274 e. The normalized spacial score (nSPS) is 10.1. The Morgan fingerprint density at radius 1 is 1.32 bits per heavy atom. The fraction of sp³-hybridized carbons (Fsp3) is 0.133. The largest absolute Gasteiger partial charge is 0.483 e. The summed E-state index contributed by atoms with van der Waals surface area (Å²) in [5.41, 5.74) is 0.856. The molecule has 0 atom stereocenters. The van der Waals surface area contributed by atoms with Crippen LogP contribution in [0.25, 0.3) is 0 Å². The number of nitrogens with zero attached hydrogens (tertiary/aromatic N) is 1. The Hall–Kier alpha value is -2.41. The first-order valence-corrected chi connectivity index (χ1v) is 7.19. The van der Waals surface area contributed by atoms with Crippen molar-refractivity contribution in [2.75, 3.05) is 11.9 Å². The van der Waals surface area contributed by atoms with Crippen LogP contribution in [0.1, 0.15) is 5.56 Å². The molecule has 0 aliphatic heterocycles. The van der Waals surface area contributed by atoms with Gasteiger partial charge in [-0.3, -0.25) is 14.9 Å². The number of anilines is 1. The number of carbonyl (C=O) groups is 1. The molecule has 0 aromatic heterocycles. The van der Waals surface area contributed by atoms with E-state index in [0.29, 0.717) is 17.0 Å². The van der Waals surface area contributed by atoms with Crippen LogP contribution in [-0.2, 0) is 4.79 Å². The van der Waals surface area contributed by atoms with E-state index in [2.05, 4.69) is 21.2 Å². The molecule has 0 saturated heterocycles. The number of nitrogens with one attached hydrogen (secondary N) is 1. The highest BCUT2D eigenvalue weighted by Gasteiger charge is 2.12. The van der Waals surface area contributed by atoms with Crippen LogP contribution in [-0.4, -0.2) is 17.4 Å². The number of amides is 1. The zero-order valence-corrected chi connectivity index (χ0v) is 13.3. The van der Waals surface area contributed by atoms with Gasteiger partial charge in [-0.1, -0.05) is 18.2 Å². The molecule has 0 saturated carbocycles. The lowest BCUT2D eigenvalue weighted by Gasteiger charge is -2.09. The lowest BCUT2D eigenvalue weighted by Crippen LogP contribution is -2.20. The zero-order valence-electron chi connectivity index (χ0n) is 11.7. The van der Waals surface area contributed by atoms with Crippen LogP contribution in [0.15, 0.2) is 46.9 Å². The van der Waals surface area contributed by atoms with Crippen LogP contribution in [0.2, 0.25) is 0 Å². The zero-order chi connectivity index (χ0) is 16.1. The minimum absolute atomic E-state index is 0.0375. The van der Waals surface area contributed by atoms with Crippen LogP contribution in [0.4, 0.5) is 11.4 Å². The molecule has 0 unspecified atom stereocenters. The van der Waals surface area contributed by atoms with Crippen molar-refractivity contribution < 1.29 is 14.5 Å². The molecule has 0 bridgehead atoms. The van der Waals surface area contributed by atoms with Gasteiger partial charge in [0.15, 0.2) is 6.61 Å². The third-order valence-electron chi connectivity index (χ3n) is 2.89. The topological polar surface area (TPSA) is 81.5 Å². The minimum atomic E-state index is -0.484. The Morgan fingerprint density at radius 3 is 2.73 bits per heavy atom. The van der Waals surface area contributed by atoms with Crippen molar-refractivity contribution in [3.63, 3.8) is 0 Å². The van der Waals surface area contributed by atoms with Gasteiger partial charge in [0.2, 0.25) is 0 Å². The first-order valence-electron chi connectivity index (χ1n) is 6.39. The first kappa shape index (κ1) is 16.0. The summed E-state index contributed by atoms with van der Waals surface area (Å²) >= 11 is 3.31. The number of para-hydroxylation sites is 1. The highest BCUT2D eigenvalue weighted by Crippen LogP contribution is 2.24. The van der Waals surface area contributed by atoms with E-state index < -0.39 is 10.8 Å². The molecule has 0 spiro atoms. The second-order valence-electron chi connectivity index (χ2n) is 4.53.